The predicted octanol–water partition coefficient (Wildman–Crippen LogP) is 5.34. The van der Waals surface area contributed by atoms with E-state index in [0.717, 1.165) is 0 Å². The van der Waals surface area contributed by atoms with E-state index >= 15 is 0 Å². The Morgan fingerprint density at radius 3 is 2.00 bits per heavy atom. The predicted molar refractivity (Wildman–Crippen MR) is 105 cm³/mol. The molecule has 1 fully saturated rings. The van der Waals surface area contributed by atoms with Gasteiger partial charge in [-0.25, -0.2) is 18.5 Å². The van der Waals surface area contributed by atoms with Crippen LogP contribution in [0.2, 0.25) is 0 Å². The number of cyclic esters (lactones) is 1. The molecule has 0 aliphatic carbocycles. The van der Waals surface area contributed by atoms with Crippen LogP contribution in [0.3, 0.4) is 0 Å². The molecule has 0 spiro atoms. The summed E-state index contributed by atoms with van der Waals surface area (Å²) in [6.45, 7) is 8.39. The van der Waals surface area contributed by atoms with Crippen molar-refractivity contribution in [2.24, 2.45) is 17.8 Å². The second kappa shape index (κ2) is 10.3. The lowest BCUT2D eigenvalue weighted by Gasteiger charge is -2.32. The standard InChI is InChI=1S/C21H32F5NO5/c1-12(2)15-11-31-18(30)27(15)16(28)13(8-10-21(24,25)26)14(7-9-20(6,22)23)17(29)32-19(3,4)5/h12-15H,7-11H2,1-6H3/t13-,14+,15-/m1/s1. The fourth-order valence-electron chi connectivity index (χ4n) is 3.44. The first kappa shape index (κ1) is 28.1. The largest absolute Gasteiger partial charge is 0.460 e. The normalized spacial score (nSPS) is 19.7. The summed E-state index contributed by atoms with van der Waals surface area (Å²) in [5.41, 5.74) is -1.06. The lowest BCUT2D eigenvalue weighted by atomic mass is 9.82. The molecule has 3 atom stereocenters. The second-order valence-corrected chi connectivity index (χ2v) is 9.61. The van der Waals surface area contributed by atoms with Crippen LogP contribution >= 0.6 is 0 Å². The summed E-state index contributed by atoms with van der Waals surface area (Å²) >= 11 is 0. The summed E-state index contributed by atoms with van der Waals surface area (Å²) in [6, 6.07) is -0.740. The number of ether oxygens (including phenoxy) is 2. The highest BCUT2D eigenvalue weighted by molar-refractivity contribution is 5.96. The third kappa shape index (κ3) is 8.90. The minimum Gasteiger partial charge on any atom is -0.460 e. The zero-order chi connectivity index (χ0) is 25.1. The summed E-state index contributed by atoms with van der Waals surface area (Å²) < 4.78 is 76.2. The van der Waals surface area contributed by atoms with Crippen LogP contribution in [0, 0.1) is 17.8 Å². The molecule has 0 N–H and O–H groups in total. The van der Waals surface area contributed by atoms with Crippen molar-refractivity contribution >= 4 is 18.0 Å². The van der Waals surface area contributed by atoms with Gasteiger partial charge in [0.25, 0.3) is 0 Å². The molecule has 1 saturated heterocycles. The molecular weight excluding hydrogens is 441 g/mol. The number of hydrogen-bond donors (Lipinski definition) is 0. The Morgan fingerprint density at radius 2 is 1.56 bits per heavy atom. The molecule has 1 aliphatic heterocycles. The van der Waals surface area contributed by atoms with Gasteiger partial charge in [0.1, 0.15) is 12.2 Å². The number of halogens is 5. The van der Waals surface area contributed by atoms with E-state index in [9.17, 15) is 36.3 Å². The number of carbonyl (C=O) groups excluding carboxylic acids is 3. The molecule has 2 amide bonds. The molecule has 0 radical (unpaired) electrons. The topological polar surface area (TPSA) is 72.9 Å². The summed E-state index contributed by atoms with van der Waals surface area (Å²) in [4.78, 5) is 39.0. The molecule has 0 aromatic rings. The van der Waals surface area contributed by atoms with Gasteiger partial charge in [0.05, 0.1) is 17.9 Å². The van der Waals surface area contributed by atoms with Crippen LogP contribution in [0.25, 0.3) is 0 Å². The lowest BCUT2D eigenvalue weighted by molar-refractivity contribution is -0.169. The first-order valence-electron chi connectivity index (χ1n) is 10.5. The number of imide groups is 1. The van der Waals surface area contributed by atoms with E-state index in [1.54, 1.807) is 13.8 Å². The Labute approximate surface area is 184 Å². The van der Waals surface area contributed by atoms with Gasteiger partial charge in [-0.15, -0.1) is 0 Å². The van der Waals surface area contributed by atoms with Crippen molar-refractivity contribution in [3.63, 3.8) is 0 Å². The van der Waals surface area contributed by atoms with Crippen LogP contribution in [-0.2, 0) is 19.1 Å². The molecule has 1 aliphatic rings. The van der Waals surface area contributed by atoms with Crippen LogP contribution in [0.15, 0.2) is 0 Å². The summed E-state index contributed by atoms with van der Waals surface area (Å²) in [6.07, 6.45) is -9.40. The molecule has 6 nitrogen and oxygen atoms in total. The van der Waals surface area contributed by atoms with Crippen molar-refractivity contribution in [1.82, 2.24) is 4.90 Å². The number of amides is 2. The van der Waals surface area contributed by atoms with Gasteiger partial charge in [-0.1, -0.05) is 13.8 Å². The summed E-state index contributed by atoms with van der Waals surface area (Å²) in [5.74, 6) is -8.86. The van der Waals surface area contributed by atoms with Crippen LogP contribution in [0.4, 0.5) is 26.7 Å². The Hall–Kier alpha value is -1.94. The molecule has 0 aromatic heterocycles. The average Bonchev–Trinajstić information content (AvgIpc) is 2.95. The number of hydrogen-bond acceptors (Lipinski definition) is 5. The first-order chi connectivity index (χ1) is 14.3. The highest BCUT2D eigenvalue weighted by Gasteiger charge is 2.47. The van der Waals surface area contributed by atoms with Crippen molar-refractivity contribution in [2.45, 2.75) is 91.0 Å². The van der Waals surface area contributed by atoms with Gasteiger partial charge >= 0.3 is 18.2 Å². The molecule has 186 valence electrons. The Balaban J connectivity index is 3.37. The average molecular weight is 473 g/mol. The molecule has 0 bridgehead atoms. The van der Waals surface area contributed by atoms with Gasteiger partial charge in [-0.2, -0.15) is 13.2 Å². The maximum Gasteiger partial charge on any atom is 0.416 e. The fourth-order valence-corrected chi connectivity index (χ4v) is 3.44. The number of rotatable bonds is 9. The van der Waals surface area contributed by atoms with Crippen LogP contribution < -0.4 is 0 Å². The smallest absolute Gasteiger partial charge is 0.416 e. The Kier molecular flexibility index (Phi) is 9.07. The number of esters is 1. The zero-order valence-corrected chi connectivity index (χ0v) is 19.2. The molecule has 0 saturated carbocycles. The molecule has 32 heavy (non-hydrogen) atoms. The van der Waals surface area contributed by atoms with Crippen molar-refractivity contribution < 1.29 is 45.8 Å². The maximum atomic E-state index is 13.6. The first-order valence-corrected chi connectivity index (χ1v) is 10.5. The third-order valence-corrected chi connectivity index (χ3v) is 5.06. The number of alkyl halides is 5. The summed E-state index contributed by atoms with van der Waals surface area (Å²) in [5, 5.41) is 0. The second-order valence-electron chi connectivity index (χ2n) is 9.61. The molecule has 1 rings (SSSR count). The third-order valence-electron chi connectivity index (χ3n) is 5.06. The minimum absolute atomic E-state index is 0.141. The van der Waals surface area contributed by atoms with Crippen LogP contribution in [0.5, 0.6) is 0 Å². The van der Waals surface area contributed by atoms with Gasteiger partial charge in [-0.05, 0) is 46.5 Å². The SMILES string of the molecule is CC(C)[C@H]1COC(=O)N1C(=O)[C@H](CCC(F)(F)F)[C@H](CCC(C)(F)F)C(=O)OC(C)(C)C. The van der Waals surface area contributed by atoms with E-state index in [4.69, 9.17) is 9.47 Å². The highest BCUT2D eigenvalue weighted by Crippen LogP contribution is 2.36. The van der Waals surface area contributed by atoms with Gasteiger partial charge in [0.2, 0.25) is 11.8 Å². The van der Waals surface area contributed by atoms with Gasteiger partial charge in [0.15, 0.2) is 0 Å². The zero-order valence-electron chi connectivity index (χ0n) is 19.2. The van der Waals surface area contributed by atoms with E-state index in [-0.39, 0.29) is 12.5 Å². The lowest BCUT2D eigenvalue weighted by Crippen LogP contribution is -2.48. The molecule has 0 aromatic carbocycles. The molecule has 0 unspecified atom stereocenters. The van der Waals surface area contributed by atoms with E-state index in [1.165, 1.54) is 20.8 Å². The van der Waals surface area contributed by atoms with E-state index in [1.807, 2.05) is 0 Å². The fraction of sp³-hybridized carbons (Fsp3) is 0.857. The Bertz CT molecular complexity index is 682. The van der Waals surface area contributed by atoms with Crippen LogP contribution in [0.1, 0.15) is 67.2 Å². The van der Waals surface area contributed by atoms with E-state index in [2.05, 4.69) is 0 Å². The minimum atomic E-state index is -4.66. The van der Waals surface area contributed by atoms with Crippen LogP contribution in [-0.4, -0.2) is 53.2 Å². The van der Waals surface area contributed by atoms with Gasteiger partial charge in [-0.3, -0.25) is 9.59 Å². The summed E-state index contributed by atoms with van der Waals surface area (Å²) in [7, 11) is 0. The van der Waals surface area contributed by atoms with Gasteiger partial charge in [0, 0.05) is 12.8 Å². The monoisotopic (exact) mass is 473 g/mol. The number of nitrogens with zero attached hydrogens (tertiary/aromatic N) is 1. The molecule has 1 heterocycles. The Morgan fingerprint density at radius 1 is 1.03 bits per heavy atom. The number of carbonyl (C=O) groups is 3. The van der Waals surface area contributed by atoms with Crippen molar-refractivity contribution in [3.05, 3.63) is 0 Å². The molecule has 11 heteroatoms. The van der Waals surface area contributed by atoms with Gasteiger partial charge < -0.3 is 9.47 Å². The van der Waals surface area contributed by atoms with Crippen molar-refractivity contribution in [1.29, 1.82) is 0 Å². The maximum absolute atomic E-state index is 13.6. The molecular formula is C21H32F5NO5. The van der Waals surface area contributed by atoms with Crippen molar-refractivity contribution in [2.75, 3.05) is 6.61 Å². The highest BCUT2D eigenvalue weighted by atomic mass is 19.4. The van der Waals surface area contributed by atoms with Crippen molar-refractivity contribution in [3.8, 4) is 0 Å². The quantitative estimate of drug-likeness (QED) is 0.334. The van der Waals surface area contributed by atoms with E-state index in [0.29, 0.717) is 11.8 Å². The van der Waals surface area contributed by atoms with E-state index < -0.39 is 79.2 Å².